The van der Waals surface area contributed by atoms with Gasteiger partial charge < -0.3 is 15.2 Å². The summed E-state index contributed by atoms with van der Waals surface area (Å²) >= 11 is 12.4. The van der Waals surface area contributed by atoms with Gasteiger partial charge in [-0.2, -0.15) is 0 Å². The molecule has 0 radical (unpaired) electrons. The minimum atomic E-state index is -1.23. The van der Waals surface area contributed by atoms with Gasteiger partial charge in [0.1, 0.15) is 5.92 Å². The summed E-state index contributed by atoms with van der Waals surface area (Å²) < 4.78 is 5.37. The Bertz CT molecular complexity index is 843. The van der Waals surface area contributed by atoms with Crippen LogP contribution in [0.3, 0.4) is 0 Å². The number of aliphatic carboxylic acids is 1. The van der Waals surface area contributed by atoms with Crippen LogP contribution in [0.5, 0.6) is 0 Å². The molecule has 0 aliphatic rings. The number of hydrogen-bond donors (Lipinski definition) is 2. The zero-order chi connectivity index (χ0) is 20.8. The van der Waals surface area contributed by atoms with Crippen molar-refractivity contribution < 1.29 is 24.6 Å². The molecular formula is C18H18Cl2N2O6. The molecule has 0 heterocycles. The van der Waals surface area contributed by atoms with Crippen molar-refractivity contribution in [3.8, 4) is 0 Å². The number of nitrogens with one attached hydrogen (secondary N) is 1. The zero-order valence-electron chi connectivity index (χ0n) is 15.0. The summed E-state index contributed by atoms with van der Waals surface area (Å²) in [6.45, 7) is 2.81. The van der Waals surface area contributed by atoms with E-state index in [4.69, 9.17) is 27.9 Å². The van der Waals surface area contributed by atoms with E-state index in [-0.39, 0.29) is 0 Å². The van der Waals surface area contributed by atoms with E-state index < -0.39 is 29.4 Å². The summed E-state index contributed by atoms with van der Waals surface area (Å²) in [7, 11) is 0. The molecule has 3 unspecified atom stereocenters. The van der Waals surface area contributed by atoms with E-state index in [1.165, 1.54) is 13.8 Å². The van der Waals surface area contributed by atoms with Crippen LogP contribution in [-0.4, -0.2) is 28.6 Å². The second kappa shape index (κ2) is 9.59. The van der Waals surface area contributed by atoms with Crippen molar-refractivity contribution in [3.63, 3.8) is 0 Å². The first kappa shape index (κ1) is 21.7. The van der Waals surface area contributed by atoms with Crippen LogP contribution in [0.15, 0.2) is 42.5 Å². The van der Waals surface area contributed by atoms with Crippen molar-refractivity contribution in [2.45, 2.75) is 32.2 Å². The molecule has 0 saturated heterocycles. The lowest BCUT2D eigenvalue weighted by Crippen LogP contribution is -2.31. The second-order valence-corrected chi connectivity index (χ2v) is 6.68. The largest absolute Gasteiger partial charge is 0.481 e. The number of carbonyl (C=O) groups is 1. The number of nitrogens with zero attached hydrogens (tertiary/aromatic N) is 1. The molecule has 0 spiro atoms. The minimum Gasteiger partial charge on any atom is -0.481 e. The molecule has 0 fully saturated rings. The summed E-state index contributed by atoms with van der Waals surface area (Å²) in [5.41, 5.74) is 1.29. The van der Waals surface area contributed by atoms with Crippen molar-refractivity contribution in [2.24, 2.45) is 0 Å². The third-order valence-electron chi connectivity index (χ3n) is 3.89. The van der Waals surface area contributed by atoms with E-state index in [2.05, 4.69) is 10.2 Å². The molecular weight excluding hydrogens is 411 g/mol. The third kappa shape index (κ3) is 5.48. The van der Waals surface area contributed by atoms with E-state index in [0.29, 0.717) is 27.0 Å². The van der Waals surface area contributed by atoms with Gasteiger partial charge in [-0.25, -0.2) is 0 Å². The summed E-state index contributed by atoms with van der Waals surface area (Å²) in [5.74, 6) is -2.30. The Hall–Kier alpha value is -2.55. The highest BCUT2D eigenvalue weighted by atomic mass is 35.5. The summed E-state index contributed by atoms with van der Waals surface area (Å²) in [4.78, 5) is 26.7. The lowest BCUT2D eigenvalue weighted by molar-refractivity contribution is -0.780. The Morgan fingerprint density at radius 1 is 1.14 bits per heavy atom. The Labute approximate surface area is 171 Å². The predicted octanol–water partition coefficient (Wildman–Crippen LogP) is 4.86. The smallest absolute Gasteiger partial charge is 0.313 e. The average molecular weight is 429 g/mol. The van der Waals surface area contributed by atoms with Gasteiger partial charge in [-0.15, -0.1) is 10.1 Å². The van der Waals surface area contributed by atoms with Gasteiger partial charge in [0, 0.05) is 5.69 Å². The van der Waals surface area contributed by atoms with Crippen molar-refractivity contribution >= 4 is 40.5 Å². The summed E-state index contributed by atoms with van der Waals surface area (Å²) in [5, 5.41) is 23.0. The van der Waals surface area contributed by atoms with Crippen LogP contribution in [0.25, 0.3) is 0 Å². The molecule has 3 atom stereocenters. The molecule has 2 aromatic rings. The van der Waals surface area contributed by atoms with Crippen LogP contribution in [0, 0.1) is 10.1 Å². The Balaban J connectivity index is 2.35. The van der Waals surface area contributed by atoms with E-state index in [1.807, 2.05) is 0 Å². The fourth-order valence-corrected chi connectivity index (χ4v) is 3.24. The topological polar surface area (TPSA) is 111 Å². The molecule has 0 aromatic heterocycles. The predicted molar refractivity (Wildman–Crippen MR) is 105 cm³/mol. The first-order valence-electron chi connectivity index (χ1n) is 8.20. The van der Waals surface area contributed by atoms with Crippen LogP contribution in [0.2, 0.25) is 10.0 Å². The average Bonchev–Trinajstić information content (AvgIpc) is 2.58. The highest BCUT2D eigenvalue weighted by molar-refractivity contribution is 6.39. The van der Waals surface area contributed by atoms with Gasteiger partial charge in [0.15, 0.2) is 0 Å². The van der Waals surface area contributed by atoms with E-state index >= 15 is 0 Å². The quantitative estimate of drug-likeness (QED) is 0.333. The maximum absolute atomic E-state index is 11.9. The number of benzene rings is 2. The molecule has 2 N–H and O–H groups in total. The maximum Gasteiger partial charge on any atom is 0.313 e. The summed E-state index contributed by atoms with van der Waals surface area (Å²) in [6.07, 6.45) is -2.16. The normalized spacial score (nSPS) is 14.0. The highest BCUT2D eigenvalue weighted by Gasteiger charge is 2.31. The lowest BCUT2D eigenvalue weighted by Gasteiger charge is -2.25. The van der Waals surface area contributed by atoms with Gasteiger partial charge in [0.25, 0.3) is 5.09 Å². The van der Waals surface area contributed by atoms with Crippen molar-refractivity contribution in [1.82, 2.24) is 0 Å². The van der Waals surface area contributed by atoms with Crippen LogP contribution < -0.4 is 5.32 Å². The highest BCUT2D eigenvalue weighted by Crippen LogP contribution is 2.36. The lowest BCUT2D eigenvalue weighted by atomic mass is 9.92. The van der Waals surface area contributed by atoms with Gasteiger partial charge in [0.2, 0.25) is 6.29 Å². The molecule has 8 nitrogen and oxygen atoms in total. The number of rotatable bonds is 9. The molecule has 10 heteroatoms. The molecule has 0 aliphatic carbocycles. The Kier molecular flexibility index (Phi) is 7.45. The first-order chi connectivity index (χ1) is 13.2. The van der Waals surface area contributed by atoms with Crippen molar-refractivity contribution in [3.05, 3.63) is 68.2 Å². The van der Waals surface area contributed by atoms with Crippen molar-refractivity contribution in [2.75, 3.05) is 5.32 Å². The van der Waals surface area contributed by atoms with Gasteiger partial charge in [0.05, 0.1) is 21.8 Å². The number of carboxylic acid groups (broad SMARTS) is 1. The number of para-hydroxylation sites is 2. The zero-order valence-corrected chi connectivity index (χ0v) is 16.5. The molecule has 0 bridgehead atoms. The summed E-state index contributed by atoms with van der Waals surface area (Å²) in [6, 6.07) is 11.7. The standard InChI is InChI=1S/C18H18Cl2N2O6/c1-10(27-11(2)28-22(25)26)16(18(23)24)12-6-3-4-9-15(12)21-17-13(19)7-5-8-14(17)20/h3-11,16,21H,1-2H3,(H,23,24). The van der Waals surface area contributed by atoms with Crippen LogP contribution in [0.1, 0.15) is 25.3 Å². The van der Waals surface area contributed by atoms with Gasteiger partial charge in [-0.05, 0) is 37.6 Å². The molecule has 0 aliphatic heterocycles. The first-order valence-corrected chi connectivity index (χ1v) is 8.95. The number of ether oxygens (including phenoxy) is 1. The fourth-order valence-electron chi connectivity index (χ4n) is 2.75. The van der Waals surface area contributed by atoms with Gasteiger partial charge in [-0.3, -0.25) is 9.63 Å². The minimum absolute atomic E-state index is 0.367. The van der Waals surface area contributed by atoms with Crippen LogP contribution in [0.4, 0.5) is 11.4 Å². The van der Waals surface area contributed by atoms with Crippen molar-refractivity contribution in [1.29, 1.82) is 0 Å². The molecule has 150 valence electrons. The van der Waals surface area contributed by atoms with E-state index in [9.17, 15) is 20.0 Å². The number of halogens is 2. The molecule has 0 saturated carbocycles. The number of hydrogen-bond acceptors (Lipinski definition) is 6. The van der Waals surface area contributed by atoms with E-state index in [0.717, 1.165) is 0 Å². The molecule has 2 aromatic carbocycles. The SMILES string of the molecule is CC(OC(C)C(C(=O)O)c1ccccc1Nc1c(Cl)cccc1Cl)O[N+](=O)[O-]. The Morgan fingerprint density at radius 2 is 1.75 bits per heavy atom. The van der Waals surface area contributed by atoms with Crippen LogP contribution >= 0.6 is 23.2 Å². The third-order valence-corrected chi connectivity index (χ3v) is 4.52. The van der Waals surface area contributed by atoms with Crippen LogP contribution in [-0.2, 0) is 14.4 Å². The monoisotopic (exact) mass is 428 g/mol. The number of anilines is 2. The molecule has 2 rings (SSSR count). The van der Waals surface area contributed by atoms with Gasteiger partial charge >= 0.3 is 5.97 Å². The fraction of sp³-hybridized carbons (Fsp3) is 0.278. The second-order valence-electron chi connectivity index (χ2n) is 5.86. The number of carboxylic acids is 1. The molecule has 0 amide bonds. The molecule has 28 heavy (non-hydrogen) atoms. The Morgan fingerprint density at radius 3 is 2.32 bits per heavy atom. The van der Waals surface area contributed by atoms with E-state index in [1.54, 1.807) is 42.5 Å². The maximum atomic E-state index is 11.9. The van der Waals surface area contributed by atoms with Gasteiger partial charge in [-0.1, -0.05) is 47.5 Å².